The third kappa shape index (κ3) is 5.30. The fraction of sp³-hybridized carbons (Fsp3) is 0.500. The largest absolute Gasteiger partial charge is 0.501 e. The lowest BCUT2D eigenvalue weighted by Gasteiger charge is -1.99. The van der Waals surface area contributed by atoms with Crippen molar-refractivity contribution in [3.63, 3.8) is 0 Å². The molecular weight excluding hydrogens is 192 g/mol. The summed E-state index contributed by atoms with van der Waals surface area (Å²) in [6, 6.07) is 0. The number of allylic oxidation sites excluding steroid dienone is 2. The molecule has 4 nitrogen and oxygen atoms in total. The van der Waals surface area contributed by atoms with Gasteiger partial charge in [-0.3, -0.25) is 0 Å². The second kappa shape index (κ2) is 4.91. The average molecular weight is 206 g/mol. The van der Waals surface area contributed by atoms with Crippen molar-refractivity contribution in [2.45, 2.75) is 13.8 Å². The molecule has 0 aliphatic carbocycles. The molecule has 0 heterocycles. The first-order chi connectivity index (χ1) is 5.91. The molecule has 0 aliphatic rings. The molecule has 0 saturated heterocycles. The van der Waals surface area contributed by atoms with Crippen LogP contribution in [-0.4, -0.2) is 22.6 Å². The molecule has 0 aliphatic heterocycles. The van der Waals surface area contributed by atoms with Gasteiger partial charge in [0.2, 0.25) is 0 Å². The summed E-state index contributed by atoms with van der Waals surface area (Å²) in [4.78, 5) is 0. The van der Waals surface area contributed by atoms with Crippen LogP contribution in [-0.2, 0) is 19.3 Å². The number of sulfone groups is 1. The van der Waals surface area contributed by atoms with Crippen LogP contribution >= 0.6 is 0 Å². The van der Waals surface area contributed by atoms with E-state index in [1.165, 1.54) is 14.2 Å². The molecule has 0 saturated carbocycles. The van der Waals surface area contributed by atoms with E-state index in [0.29, 0.717) is 11.5 Å². The van der Waals surface area contributed by atoms with Gasteiger partial charge in [0.25, 0.3) is 0 Å². The summed E-state index contributed by atoms with van der Waals surface area (Å²) in [5.41, 5.74) is 0. The second-order valence-corrected chi connectivity index (χ2v) is 4.10. The predicted molar refractivity (Wildman–Crippen MR) is 50.5 cm³/mol. The van der Waals surface area contributed by atoms with Crippen molar-refractivity contribution < 1.29 is 17.9 Å². The van der Waals surface area contributed by atoms with Crippen molar-refractivity contribution in [1.29, 1.82) is 0 Å². The molecule has 0 rings (SSSR count). The summed E-state index contributed by atoms with van der Waals surface area (Å²) in [6.07, 6.45) is 0. The van der Waals surface area contributed by atoms with Crippen LogP contribution in [0.4, 0.5) is 0 Å². The van der Waals surface area contributed by atoms with Gasteiger partial charge >= 0.3 is 0 Å². The molecule has 5 heteroatoms. The van der Waals surface area contributed by atoms with Crippen LogP contribution in [0.15, 0.2) is 22.3 Å². The monoisotopic (exact) mass is 206 g/mol. The third-order valence-electron chi connectivity index (χ3n) is 1.30. The van der Waals surface area contributed by atoms with Crippen LogP contribution in [0.25, 0.3) is 0 Å². The lowest BCUT2D eigenvalue weighted by atomic mass is 10.7. The summed E-state index contributed by atoms with van der Waals surface area (Å²) >= 11 is 0. The van der Waals surface area contributed by atoms with Crippen LogP contribution in [0.1, 0.15) is 13.8 Å². The number of hydrogen-bond donors (Lipinski definition) is 0. The van der Waals surface area contributed by atoms with Gasteiger partial charge in [0.1, 0.15) is 11.5 Å². The highest BCUT2D eigenvalue weighted by Crippen LogP contribution is 2.05. The molecule has 0 radical (unpaired) electrons. The highest BCUT2D eigenvalue weighted by Gasteiger charge is 2.04. The molecule has 0 fully saturated rings. The minimum atomic E-state index is -3.38. The molecule has 0 aromatic heterocycles. The number of hydrogen-bond acceptors (Lipinski definition) is 4. The Morgan fingerprint density at radius 3 is 1.54 bits per heavy atom. The fourth-order valence-corrected chi connectivity index (χ4v) is 1.78. The van der Waals surface area contributed by atoms with Crippen molar-refractivity contribution in [2.75, 3.05) is 14.2 Å². The van der Waals surface area contributed by atoms with Crippen molar-refractivity contribution in [3.8, 4) is 0 Å². The number of ether oxygens (including phenoxy) is 2. The summed E-state index contributed by atoms with van der Waals surface area (Å²) < 4.78 is 31.9. The highest BCUT2D eigenvalue weighted by molar-refractivity contribution is 7.97. The van der Waals surface area contributed by atoms with Crippen LogP contribution in [0, 0.1) is 0 Å². The Bertz CT molecular complexity index is 285. The summed E-state index contributed by atoms with van der Waals surface area (Å²) in [5, 5.41) is 2.07. The first-order valence-electron chi connectivity index (χ1n) is 3.61. The van der Waals surface area contributed by atoms with Gasteiger partial charge in [0.15, 0.2) is 9.84 Å². The molecule has 0 N–H and O–H groups in total. The molecule has 0 atom stereocenters. The van der Waals surface area contributed by atoms with Gasteiger partial charge in [0, 0.05) is 0 Å². The Hall–Kier alpha value is -0.970. The molecule has 13 heavy (non-hydrogen) atoms. The van der Waals surface area contributed by atoms with E-state index in [1.54, 1.807) is 13.8 Å². The molecular formula is C8H14O4S. The Balaban J connectivity index is 4.81. The van der Waals surface area contributed by atoms with E-state index in [1.807, 2.05) is 0 Å². The molecule has 76 valence electrons. The quantitative estimate of drug-likeness (QED) is 0.653. The zero-order valence-corrected chi connectivity index (χ0v) is 9.01. The van der Waals surface area contributed by atoms with Crippen LogP contribution < -0.4 is 0 Å². The van der Waals surface area contributed by atoms with E-state index in [9.17, 15) is 8.42 Å². The smallest absolute Gasteiger partial charge is 0.199 e. The van der Waals surface area contributed by atoms with E-state index in [2.05, 4.69) is 0 Å². The van der Waals surface area contributed by atoms with Crippen LogP contribution in [0.2, 0.25) is 0 Å². The van der Waals surface area contributed by atoms with E-state index >= 15 is 0 Å². The lowest BCUT2D eigenvalue weighted by molar-refractivity contribution is 0.293. The van der Waals surface area contributed by atoms with Crippen molar-refractivity contribution in [2.24, 2.45) is 0 Å². The minimum absolute atomic E-state index is 0.333. The zero-order valence-electron chi connectivity index (χ0n) is 8.20. The van der Waals surface area contributed by atoms with E-state index in [0.717, 1.165) is 10.8 Å². The Morgan fingerprint density at radius 2 is 1.31 bits per heavy atom. The molecule has 0 amide bonds. The molecule has 0 aromatic rings. The Kier molecular flexibility index (Phi) is 4.55. The topological polar surface area (TPSA) is 52.6 Å². The predicted octanol–water partition coefficient (Wildman–Crippen LogP) is 1.42. The molecule has 0 bridgehead atoms. The maximum atomic E-state index is 11.3. The van der Waals surface area contributed by atoms with Gasteiger partial charge in [-0.05, 0) is 13.8 Å². The summed E-state index contributed by atoms with van der Waals surface area (Å²) in [7, 11) is -0.556. The number of methoxy groups -OCH3 is 2. The summed E-state index contributed by atoms with van der Waals surface area (Å²) in [5.74, 6) is 0.667. The van der Waals surface area contributed by atoms with Gasteiger partial charge in [-0.15, -0.1) is 0 Å². The zero-order chi connectivity index (χ0) is 10.5. The minimum Gasteiger partial charge on any atom is -0.501 e. The maximum Gasteiger partial charge on any atom is 0.199 e. The SMILES string of the molecule is COC(C)=CS(=O)(=O)C=C(C)OC. The molecule has 0 spiro atoms. The normalized spacial score (nSPS) is 14.2. The second-order valence-electron chi connectivity index (χ2n) is 2.45. The van der Waals surface area contributed by atoms with Crippen molar-refractivity contribution in [3.05, 3.63) is 22.3 Å². The van der Waals surface area contributed by atoms with E-state index in [4.69, 9.17) is 9.47 Å². The van der Waals surface area contributed by atoms with Crippen molar-refractivity contribution >= 4 is 9.84 Å². The molecule has 0 aromatic carbocycles. The molecule has 0 unspecified atom stereocenters. The van der Waals surface area contributed by atoms with Crippen LogP contribution in [0.3, 0.4) is 0 Å². The fourth-order valence-electron chi connectivity index (χ4n) is 0.593. The van der Waals surface area contributed by atoms with Gasteiger partial charge in [-0.25, -0.2) is 8.42 Å². The van der Waals surface area contributed by atoms with Crippen LogP contribution in [0.5, 0.6) is 0 Å². The third-order valence-corrected chi connectivity index (χ3v) is 2.63. The lowest BCUT2D eigenvalue weighted by Crippen LogP contribution is -1.94. The van der Waals surface area contributed by atoms with Gasteiger partial charge in [0.05, 0.1) is 25.0 Å². The standard InChI is InChI=1S/C8H14O4S/c1-7(11-3)5-13(9,10)6-8(2)12-4/h5-6H,1-4H3. The van der Waals surface area contributed by atoms with Gasteiger partial charge in [-0.2, -0.15) is 0 Å². The average Bonchev–Trinajstić information content (AvgIpc) is 2.02. The van der Waals surface area contributed by atoms with E-state index < -0.39 is 9.84 Å². The van der Waals surface area contributed by atoms with E-state index in [-0.39, 0.29) is 0 Å². The summed E-state index contributed by atoms with van der Waals surface area (Å²) in [6.45, 7) is 3.13. The first-order valence-corrected chi connectivity index (χ1v) is 5.22. The Labute approximate surface area is 78.8 Å². The van der Waals surface area contributed by atoms with Gasteiger partial charge in [-0.1, -0.05) is 0 Å². The first kappa shape index (κ1) is 12.0. The van der Waals surface area contributed by atoms with Gasteiger partial charge < -0.3 is 9.47 Å². The van der Waals surface area contributed by atoms with Crippen molar-refractivity contribution in [1.82, 2.24) is 0 Å². The maximum absolute atomic E-state index is 11.3. The Morgan fingerprint density at radius 1 is 1.00 bits per heavy atom. The number of rotatable bonds is 4. The highest BCUT2D eigenvalue weighted by atomic mass is 32.2.